The van der Waals surface area contributed by atoms with Crippen molar-refractivity contribution < 1.29 is 0 Å². The predicted molar refractivity (Wildman–Crippen MR) is 78.4 cm³/mol. The Morgan fingerprint density at radius 3 is 2.79 bits per heavy atom. The van der Waals surface area contributed by atoms with Gasteiger partial charge in [-0.2, -0.15) is 5.10 Å². The molecule has 0 radical (unpaired) electrons. The van der Waals surface area contributed by atoms with Gasteiger partial charge in [0.25, 0.3) is 0 Å². The average molecular weight is 253 g/mol. The van der Waals surface area contributed by atoms with E-state index in [1.54, 1.807) is 0 Å². The third kappa shape index (κ3) is 2.05. The smallest absolute Gasteiger partial charge is 0.0645 e. The summed E-state index contributed by atoms with van der Waals surface area (Å²) in [4.78, 5) is 0. The highest BCUT2D eigenvalue weighted by Crippen LogP contribution is 2.20. The molecule has 3 heteroatoms. The Balaban J connectivity index is 2.01. The van der Waals surface area contributed by atoms with Crippen LogP contribution in [0.3, 0.4) is 0 Å². The van der Waals surface area contributed by atoms with Gasteiger partial charge in [0.1, 0.15) is 0 Å². The Bertz CT molecular complexity index is 719. The van der Waals surface area contributed by atoms with Crippen molar-refractivity contribution in [3.63, 3.8) is 0 Å². The predicted octanol–water partition coefficient (Wildman–Crippen LogP) is 3.29. The lowest BCUT2D eigenvalue weighted by atomic mass is 10.1. The summed E-state index contributed by atoms with van der Waals surface area (Å²) in [6, 6.07) is 10.9. The first-order valence-corrected chi connectivity index (χ1v) is 6.75. The Morgan fingerprint density at radius 2 is 2.05 bits per heavy atom. The molecule has 0 atom stereocenters. The van der Waals surface area contributed by atoms with Crippen LogP contribution in [-0.4, -0.2) is 14.3 Å². The highest BCUT2D eigenvalue weighted by molar-refractivity contribution is 5.83. The summed E-state index contributed by atoms with van der Waals surface area (Å²) in [5.41, 5.74) is 5.02. The van der Waals surface area contributed by atoms with Crippen LogP contribution in [-0.2, 0) is 20.0 Å². The quantitative estimate of drug-likeness (QED) is 0.702. The van der Waals surface area contributed by atoms with Crippen molar-refractivity contribution in [1.29, 1.82) is 0 Å². The normalized spacial score (nSPS) is 11.3. The lowest BCUT2D eigenvalue weighted by Gasteiger charge is -2.06. The molecule has 3 rings (SSSR count). The molecular formula is C16H19N3. The second-order valence-corrected chi connectivity index (χ2v) is 5.06. The second-order valence-electron chi connectivity index (χ2n) is 5.06. The van der Waals surface area contributed by atoms with Crippen LogP contribution in [0.4, 0.5) is 0 Å². The van der Waals surface area contributed by atoms with E-state index in [1.165, 1.54) is 22.2 Å². The van der Waals surface area contributed by atoms with E-state index >= 15 is 0 Å². The standard InChI is InChI=1S/C16H19N3/c1-4-13-10-14(18(3)17-13)11-19-9-8-15-12(2)6-5-7-16(15)19/h5-10H,4,11H2,1-3H3. The molecule has 0 aliphatic heterocycles. The molecule has 0 aliphatic rings. The van der Waals surface area contributed by atoms with Gasteiger partial charge in [0, 0.05) is 24.1 Å². The molecule has 0 N–H and O–H groups in total. The van der Waals surface area contributed by atoms with E-state index in [2.05, 4.69) is 60.0 Å². The van der Waals surface area contributed by atoms with E-state index in [1.807, 2.05) is 11.7 Å². The van der Waals surface area contributed by atoms with E-state index in [0.717, 1.165) is 18.7 Å². The number of hydrogen-bond acceptors (Lipinski definition) is 1. The van der Waals surface area contributed by atoms with Gasteiger partial charge in [0.15, 0.2) is 0 Å². The molecule has 0 spiro atoms. The Labute approximate surface area is 113 Å². The van der Waals surface area contributed by atoms with Crippen LogP contribution in [0.25, 0.3) is 10.9 Å². The fourth-order valence-corrected chi connectivity index (χ4v) is 2.58. The molecule has 0 bridgehead atoms. The molecule has 19 heavy (non-hydrogen) atoms. The fraction of sp³-hybridized carbons (Fsp3) is 0.312. The Kier molecular flexibility index (Phi) is 2.90. The maximum atomic E-state index is 4.51. The molecule has 0 fully saturated rings. The minimum Gasteiger partial charge on any atom is -0.341 e. The first-order valence-electron chi connectivity index (χ1n) is 6.75. The topological polar surface area (TPSA) is 22.8 Å². The fourth-order valence-electron chi connectivity index (χ4n) is 2.58. The van der Waals surface area contributed by atoms with Crippen LogP contribution >= 0.6 is 0 Å². The summed E-state index contributed by atoms with van der Waals surface area (Å²) in [6.07, 6.45) is 3.15. The highest BCUT2D eigenvalue weighted by Gasteiger charge is 2.07. The van der Waals surface area contributed by atoms with Gasteiger partial charge in [0.2, 0.25) is 0 Å². The van der Waals surface area contributed by atoms with E-state index < -0.39 is 0 Å². The third-order valence-corrected chi connectivity index (χ3v) is 3.75. The van der Waals surface area contributed by atoms with Crippen LogP contribution in [0.2, 0.25) is 0 Å². The maximum absolute atomic E-state index is 4.51. The number of aromatic nitrogens is 3. The van der Waals surface area contributed by atoms with Gasteiger partial charge in [0.05, 0.1) is 17.9 Å². The van der Waals surface area contributed by atoms with E-state index in [4.69, 9.17) is 0 Å². The summed E-state index contributed by atoms with van der Waals surface area (Å²) >= 11 is 0. The first kappa shape index (κ1) is 12.0. The van der Waals surface area contributed by atoms with Crippen molar-refractivity contribution in [2.24, 2.45) is 7.05 Å². The molecule has 0 saturated carbocycles. The van der Waals surface area contributed by atoms with Crippen molar-refractivity contribution >= 4 is 10.9 Å². The zero-order valence-corrected chi connectivity index (χ0v) is 11.7. The largest absolute Gasteiger partial charge is 0.341 e. The molecule has 2 aromatic heterocycles. The summed E-state index contributed by atoms with van der Waals surface area (Å²) in [7, 11) is 2.02. The first-order chi connectivity index (χ1) is 9.19. The van der Waals surface area contributed by atoms with Crippen molar-refractivity contribution in [3.8, 4) is 0 Å². The van der Waals surface area contributed by atoms with Crippen LogP contribution in [0, 0.1) is 6.92 Å². The summed E-state index contributed by atoms with van der Waals surface area (Å²) in [5.74, 6) is 0. The Morgan fingerprint density at radius 1 is 1.21 bits per heavy atom. The average Bonchev–Trinajstić information content (AvgIpc) is 2.96. The van der Waals surface area contributed by atoms with E-state index in [-0.39, 0.29) is 0 Å². The summed E-state index contributed by atoms with van der Waals surface area (Å²) in [6.45, 7) is 5.17. The van der Waals surface area contributed by atoms with Crippen LogP contribution in [0.15, 0.2) is 36.5 Å². The van der Waals surface area contributed by atoms with Gasteiger partial charge in [-0.05, 0) is 37.1 Å². The lowest BCUT2D eigenvalue weighted by molar-refractivity contribution is 0.669. The second kappa shape index (κ2) is 4.57. The number of hydrogen-bond donors (Lipinski definition) is 0. The van der Waals surface area contributed by atoms with Crippen molar-refractivity contribution in [1.82, 2.24) is 14.3 Å². The summed E-state index contributed by atoms with van der Waals surface area (Å²) in [5, 5.41) is 5.84. The minimum absolute atomic E-state index is 0.871. The van der Waals surface area contributed by atoms with E-state index in [0.29, 0.717) is 0 Å². The molecule has 0 unspecified atom stereocenters. The zero-order valence-electron chi connectivity index (χ0n) is 11.7. The highest BCUT2D eigenvalue weighted by atomic mass is 15.3. The maximum Gasteiger partial charge on any atom is 0.0645 e. The van der Waals surface area contributed by atoms with Crippen molar-refractivity contribution in [3.05, 3.63) is 53.5 Å². The van der Waals surface area contributed by atoms with Gasteiger partial charge in [-0.15, -0.1) is 0 Å². The van der Waals surface area contributed by atoms with Crippen LogP contribution in [0.5, 0.6) is 0 Å². The van der Waals surface area contributed by atoms with Crippen molar-refractivity contribution in [2.75, 3.05) is 0 Å². The molecular weight excluding hydrogens is 234 g/mol. The molecule has 3 nitrogen and oxygen atoms in total. The SMILES string of the molecule is CCc1cc(Cn2ccc3c(C)cccc32)n(C)n1. The molecule has 0 amide bonds. The molecule has 98 valence electrons. The van der Waals surface area contributed by atoms with Gasteiger partial charge < -0.3 is 4.57 Å². The van der Waals surface area contributed by atoms with Gasteiger partial charge in [-0.25, -0.2) is 0 Å². The Hall–Kier alpha value is -2.03. The number of benzene rings is 1. The van der Waals surface area contributed by atoms with Gasteiger partial charge in [-0.1, -0.05) is 19.1 Å². The van der Waals surface area contributed by atoms with Gasteiger partial charge in [-0.3, -0.25) is 4.68 Å². The zero-order chi connectivity index (χ0) is 13.4. The lowest BCUT2D eigenvalue weighted by Crippen LogP contribution is -2.04. The molecule has 3 aromatic rings. The molecule has 0 aliphatic carbocycles. The molecule has 1 aromatic carbocycles. The number of nitrogens with zero attached hydrogens (tertiary/aromatic N) is 3. The minimum atomic E-state index is 0.871. The van der Waals surface area contributed by atoms with Crippen LogP contribution < -0.4 is 0 Å². The number of rotatable bonds is 3. The van der Waals surface area contributed by atoms with E-state index in [9.17, 15) is 0 Å². The third-order valence-electron chi connectivity index (χ3n) is 3.75. The van der Waals surface area contributed by atoms with Gasteiger partial charge >= 0.3 is 0 Å². The number of fused-ring (bicyclic) bond motifs is 1. The molecule has 0 saturated heterocycles. The summed E-state index contributed by atoms with van der Waals surface area (Å²) < 4.78 is 4.28. The monoisotopic (exact) mass is 253 g/mol. The van der Waals surface area contributed by atoms with Crippen LogP contribution in [0.1, 0.15) is 23.9 Å². The molecule has 2 heterocycles. The number of aryl methyl sites for hydroxylation is 3. The van der Waals surface area contributed by atoms with Crippen molar-refractivity contribution in [2.45, 2.75) is 26.8 Å².